The van der Waals surface area contributed by atoms with Gasteiger partial charge in [-0.15, -0.1) is 0 Å². The molecule has 1 aromatic heterocycles. The maximum absolute atomic E-state index is 12.4. The molecule has 0 spiro atoms. The lowest BCUT2D eigenvalue weighted by molar-refractivity contribution is -0.132. The van der Waals surface area contributed by atoms with Crippen molar-refractivity contribution in [2.24, 2.45) is 0 Å². The van der Waals surface area contributed by atoms with E-state index in [-0.39, 0.29) is 17.9 Å². The average molecular weight is 334 g/mol. The molecule has 0 radical (unpaired) electrons. The number of nitrogens with one attached hydrogen (secondary N) is 1. The highest BCUT2D eigenvalue weighted by Gasteiger charge is 2.47. The van der Waals surface area contributed by atoms with E-state index in [1.165, 1.54) is 10.9 Å². The zero-order valence-corrected chi connectivity index (χ0v) is 14.4. The number of fused-ring (bicyclic) bond motifs is 1. The van der Waals surface area contributed by atoms with Crippen molar-refractivity contribution in [1.82, 2.24) is 9.88 Å². The highest BCUT2D eigenvalue weighted by atomic mass is 16.5. The van der Waals surface area contributed by atoms with Crippen molar-refractivity contribution in [2.45, 2.75) is 18.3 Å². The van der Waals surface area contributed by atoms with E-state index in [0.29, 0.717) is 0 Å². The van der Waals surface area contributed by atoms with Crippen LogP contribution in [-0.4, -0.2) is 36.0 Å². The molecule has 3 aromatic rings. The summed E-state index contributed by atoms with van der Waals surface area (Å²) in [6.07, 6.45) is 4.34. The molecule has 4 heteroatoms. The zero-order valence-electron chi connectivity index (χ0n) is 14.4. The number of H-pyrrole nitrogens is 1. The van der Waals surface area contributed by atoms with Gasteiger partial charge in [-0.25, -0.2) is 0 Å². The summed E-state index contributed by atoms with van der Waals surface area (Å²) in [5.74, 6) is 0.733. The molecule has 4 rings (SSSR count). The lowest BCUT2D eigenvalue weighted by atomic mass is 9.95. The number of aromatic nitrogens is 1. The fourth-order valence-electron chi connectivity index (χ4n) is 3.49. The number of rotatable bonds is 6. The average Bonchev–Trinajstić information content (AvgIpc) is 3.28. The number of amides is 1. The second-order valence-electron chi connectivity index (χ2n) is 6.88. The number of likely N-dealkylation sites (N-methyl/N-ethyl adjacent to an activating group) is 1. The van der Waals surface area contributed by atoms with E-state index in [1.807, 2.05) is 43.4 Å². The Morgan fingerprint density at radius 3 is 2.60 bits per heavy atom. The molecule has 1 aliphatic rings. The predicted octanol–water partition coefficient (Wildman–Crippen LogP) is 3.74. The highest BCUT2D eigenvalue weighted by Crippen LogP contribution is 2.50. The van der Waals surface area contributed by atoms with Gasteiger partial charge < -0.3 is 14.6 Å². The Labute approximate surface area is 147 Å². The van der Waals surface area contributed by atoms with Crippen LogP contribution >= 0.6 is 0 Å². The summed E-state index contributed by atoms with van der Waals surface area (Å²) in [5, 5.41) is 1.27. The Kier molecular flexibility index (Phi) is 3.96. The van der Waals surface area contributed by atoms with Crippen LogP contribution in [0.25, 0.3) is 10.9 Å². The van der Waals surface area contributed by atoms with Crippen LogP contribution in [0.5, 0.6) is 5.75 Å². The van der Waals surface area contributed by atoms with Crippen LogP contribution in [0.15, 0.2) is 60.8 Å². The summed E-state index contributed by atoms with van der Waals surface area (Å²) in [5.41, 5.74) is 2.56. The number of hydrogen-bond acceptors (Lipinski definition) is 2. The maximum atomic E-state index is 12.4. The molecule has 128 valence electrons. The number of benzene rings is 2. The standard InChI is InChI=1S/C21H22N2O2/c1-23(20(24)14-25-16-7-3-2-4-8-16)15-21(11-12-21)18-13-22-19-10-6-5-9-17(18)19/h2-10,13,22H,11-12,14-15H2,1H3. The molecule has 0 atom stereocenters. The highest BCUT2D eigenvalue weighted by molar-refractivity contribution is 5.85. The first-order valence-corrected chi connectivity index (χ1v) is 8.66. The van der Waals surface area contributed by atoms with Crippen LogP contribution in [-0.2, 0) is 10.2 Å². The Bertz CT molecular complexity index is 881. The molecular formula is C21H22N2O2. The van der Waals surface area contributed by atoms with E-state index >= 15 is 0 Å². The minimum Gasteiger partial charge on any atom is -0.484 e. The molecule has 4 nitrogen and oxygen atoms in total. The SMILES string of the molecule is CN(CC1(c2c[nH]c3ccccc23)CC1)C(=O)COc1ccccc1. The van der Waals surface area contributed by atoms with Crippen LogP contribution in [0.2, 0.25) is 0 Å². The fraction of sp³-hybridized carbons (Fsp3) is 0.286. The quantitative estimate of drug-likeness (QED) is 0.746. The van der Waals surface area contributed by atoms with Crippen LogP contribution in [0.3, 0.4) is 0 Å². The van der Waals surface area contributed by atoms with Crippen LogP contribution in [0.1, 0.15) is 18.4 Å². The lowest BCUT2D eigenvalue weighted by Crippen LogP contribution is -2.37. The molecule has 1 saturated carbocycles. The van der Waals surface area contributed by atoms with Crippen molar-refractivity contribution in [3.8, 4) is 5.75 Å². The van der Waals surface area contributed by atoms with Gasteiger partial charge in [0.25, 0.3) is 5.91 Å². The fourth-order valence-corrected chi connectivity index (χ4v) is 3.49. The summed E-state index contributed by atoms with van der Waals surface area (Å²) < 4.78 is 5.59. The van der Waals surface area contributed by atoms with Gasteiger partial charge in [0.15, 0.2) is 6.61 Å². The summed E-state index contributed by atoms with van der Waals surface area (Å²) in [6, 6.07) is 17.8. The van der Waals surface area contributed by atoms with Gasteiger partial charge in [-0.2, -0.15) is 0 Å². The summed E-state index contributed by atoms with van der Waals surface area (Å²) in [4.78, 5) is 17.6. The van der Waals surface area contributed by atoms with Crippen molar-refractivity contribution in [3.63, 3.8) is 0 Å². The molecule has 1 heterocycles. The summed E-state index contributed by atoms with van der Waals surface area (Å²) in [7, 11) is 1.87. The van der Waals surface area contributed by atoms with Crippen molar-refractivity contribution in [3.05, 3.63) is 66.4 Å². The van der Waals surface area contributed by atoms with Gasteiger partial charge in [-0.05, 0) is 36.6 Å². The Hall–Kier alpha value is -2.75. The monoisotopic (exact) mass is 334 g/mol. The van der Waals surface area contributed by atoms with E-state index in [1.54, 1.807) is 4.90 Å². The molecule has 0 saturated heterocycles. The molecular weight excluding hydrogens is 312 g/mol. The van der Waals surface area contributed by atoms with Gasteiger partial charge in [0.1, 0.15) is 5.75 Å². The normalized spacial score (nSPS) is 15.1. The second-order valence-corrected chi connectivity index (χ2v) is 6.88. The van der Waals surface area contributed by atoms with Crippen LogP contribution in [0.4, 0.5) is 0 Å². The number of ether oxygens (including phenoxy) is 1. The van der Waals surface area contributed by atoms with Crippen molar-refractivity contribution >= 4 is 16.8 Å². The minimum absolute atomic E-state index is 0.00923. The summed E-state index contributed by atoms with van der Waals surface area (Å²) in [6.45, 7) is 0.802. The third-order valence-corrected chi connectivity index (χ3v) is 5.09. The Morgan fingerprint density at radius 2 is 1.84 bits per heavy atom. The molecule has 1 amide bonds. The third-order valence-electron chi connectivity index (χ3n) is 5.09. The third kappa shape index (κ3) is 3.12. The van der Waals surface area contributed by atoms with E-state index in [0.717, 1.165) is 30.7 Å². The zero-order chi connectivity index (χ0) is 17.3. The molecule has 0 unspecified atom stereocenters. The largest absolute Gasteiger partial charge is 0.484 e. The molecule has 0 bridgehead atoms. The molecule has 1 N–H and O–H groups in total. The van der Waals surface area contributed by atoms with Gasteiger partial charge in [-0.3, -0.25) is 4.79 Å². The molecule has 1 fully saturated rings. The second kappa shape index (κ2) is 6.28. The lowest BCUT2D eigenvalue weighted by Gasteiger charge is -2.24. The number of carbonyl (C=O) groups is 1. The van der Waals surface area contributed by atoms with Gasteiger partial charge >= 0.3 is 0 Å². The topological polar surface area (TPSA) is 45.3 Å². The van der Waals surface area contributed by atoms with Crippen LogP contribution < -0.4 is 4.74 Å². The van der Waals surface area contributed by atoms with Crippen molar-refractivity contribution in [2.75, 3.05) is 20.2 Å². The van der Waals surface area contributed by atoms with Gasteiger partial charge in [-0.1, -0.05) is 36.4 Å². The molecule has 2 aromatic carbocycles. The van der Waals surface area contributed by atoms with Crippen LogP contribution in [0, 0.1) is 0 Å². The first kappa shape index (κ1) is 15.8. The number of carbonyl (C=O) groups excluding carboxylic acids is 1. The van der Waals surface area contributed by atoms with Gasteiger partial charge in [0.05, 0.1) is 0 Å². The van der Waals surface area contributed by atoms with E-state index in [4.69, 9.17) is 4.74 Å². The Morgan fingerprint density at radius 1 is 1.12 bits per heavy atom. The molecule has 25 heavy (non-hydrogen) atoms. The maximum Gasteiger partial charge on any atom is 0.260 e. The number of nitrogens with zero attached hydrogens (tertiary/aromatic N) is 1. The first-order chi connectivity index (χ1) is 12.2. The van der Waals surface area contributed by atoms with E-state index in [2.05, 4.69) is 29.4 Å². The van der Waals surface area contributed by atoms with Gasteiger partial charge in [0.2, 0.25) is 0 Å². The van der Waals surface area contributed by atoms with Crippen molar-refractivity contribution < 1.29 is 9.53 Å². The van der Waals surface area contributed by atoms with E-state index in [9.17, 15) is 4.79 Å². The predicted molar refractivity (Wildman–Crippen MR) is 98.8 cm³/mol. The number of hydrogen-bond donors (Lipinski definition) is 1. The molecule has 0 aliphatic heterocycles. The smallest absolute Gasteiger partial charge is 0.260 e. The first-order valence-electron chi connectivity index (χ1n) is 8.66. The Balaban J connectivity index is 1.43. The van der Waals surface area contributed by atoms with Crippen molar-refractivity contribution in [1.29, 1.82) is 0 Å². The number of para-hydroxylation sites is 2. The van der Waals surface area contributed by atoms with E-state index < -0.39 is 0 Å². The van der Waals surface area contributed by atoms with Gasteiger partial charge in [0, 0.05) is 36.1 Å². The minimum atomic E-state index is 0.00923. The molecule has 1 aliphatic carbocycles. The summed E-state index contributed by atoms with van der Waals surface area (Å²) >= 11 is 0. The number of aromatic amines is 1.